The van der Waals surface area contributed by atoms with Crippen molar-refractivity contribution in [3.63, 3.8) is 0 Å². The highest BCUT2D eigenvalue weighted by molar-refractivity contribution is 8.15. The third-order valence-corrected chi connectivity index (χ3v) is 8.01. The second kappa shape index (κ2) is 5.57. The maximum Gasteiger partial charge on any atom is 0.161 e. The van der Waals surface area contributed by atoms with E-state index in [-0.39, 0.29) is 0 Å². The van der Waals surface area contributed by atoms with Gasteiger partial charge in [-0.25, -0.2) is 0 Å². The highest BCUT2D eigenvalue weighted by Gasteiger charge is 2.53. The quantitative estimate of drug-likeness (QED) is 0.806. The van der Waals surface area contributed by atoms with Crippen molar-refractivity contribution in [1.82, 2.24) is 15.5 Å². The topological polar surface area (TPSA) is 39.7 Å². The Morgan fingerprint density at radius 3 is 2.85 bits per heavy atom. The van der Waals surface area contributed by atoms with Gasteiger partial charge in [-0.3, -0.25) is 15.6 Å². The lowest BCUT2D eigenvalue weighted by Gasteiger charge is -2.43. The number of hydrogen-bond acceptors (Lipinski definition) is 7. The van der Waals surface area contributed by atoms with Gasteiger partial charge in [0.1, 0.15) is 5.50 Å². The summed E-state index contributed by atoms with van der Waals surface area (Å²) in [4.78, 5) is 7.67. The Hall–Kier alpha value is 0.440. The molecule has 6 atom stereocenters. The van der Waals surface area contributed by atoms with Gasteiger partial charge in [-0.05, 0) is 25.4 Å². The smallest absolute Gasteiger partial charge is 0.161 e. The number of fused-ring (bicyclic) bond motifs is 5. The maximum atomic E-state index is 5.04. The van der Waals surface area contributed by atoms with Crippen LogP contribution in [-0.2, 0) is 0 Å². The molecule has 4 aliphatic rings. The van der Waals surface area contributed by atoms with Crippen LogP contribution >= 0.6 is 35.3 Å². The highest BCUT2D eigenvalue weighted by Crippen LogP contribution is 2.45. The van der Waals surface area contributed by atoms with Crippen molar-refractivity contribution in [2.24, 2.45) is 4.99 Å². The molecule has 3 heterocycles. The van der Waals surface area contributed by atoms with Gasteiger partial charge in [-0.15, -0.1) is 23.5 Å². The summed E-state index contributed by atoms with van der Waals surface area (Å²) in [6.07, 6.45) is 10.2. The Balaban J connectivity index is 1.61. The Morgan fingerprint density at radius 1 is 1.20 bits per heavy atom. The van der Waals surface area contributed by atoms with Crippen molar-refractivity contribution in [2.45, 2.75) is 60.1 Å². The summed E-state index contributed by atoms with van der Waals surface area (Å²) in [6.45, 7) is 0. The van der Waals surface area contributed by atoms with E-state index >= 15 is 0 Å². The molecule has 3 aliphatic heterocycles. The summed E-state index contributed by atoms with van der Waals surface area (Å²) >= 11 is 5.81. The normalized spacial score (nSPS) is 46.7. The van der Waals surface area contributed by atoms with Crippen molar-refractivity contribution in [2.75, 3.05) is 12.5 Å². The van der Waals surface area contributed by atoms with E-state index in [4.69, 9.17) is 4.99 Å². The van der Waals surface area contributed by atoms with Gasteiger partial charge in [0.25, 0.3) is 0 Å². The van der Waals surface area contributed by atoms with Crippen LogP contribution in [0.3, 0.4) is 0 Å². The second-order valence-electron chi connectivity index (χ2n) is 5.87. The number of nitrogens with one attached hydrogen (secondary N) is 2. The van der Waals surface area contributed by atoms with Crippen LogP contribution in [0.25, 0.3) is 0 Å². The number of thioether (sulfide) groups is 3. The zero-order valence-electron chi connectivity index (χ0n) is 11.9. The molecule has 6 unspecified atom stereocenters. The van der Waals surface area contributed by atoms with Crippen LogP contribution in [-0.4, -0.2) is 57.0 Å². The van der Waals surface area contributed by atoms with Crippen molar-refractivity contribution >= 4 is 40.5 Å². The molecule has 4 nitrogen and oxygen atoms in total. The first-order valence-corrected chi connectivity index (χ1v) is 10.9. The fourth-order valence-electron chi connectivity index (χ4n) is 3.87. The molecule has 0 aromatic heterocycles. The number of hydrogen-bond donors (Lipinski definition) is 2. The van der Waals surface area contributed by atoms with E-state index in [9.17, 15) is 0 Å². The number of aliphatic imine (C=N–C) groups is 1. The van der Waals surface area contributed by atoms with Crippen molar-refractivity contribution in [1.29, 1.82) is 0 Å². The van der Waals surface area contributed by atoms with Crippen LogP contribution in [0.1, 0.15) is 25.7 Å². The molecule has 0 aromatic rings. The largest absolute Gasteiger partial charge is 0.329 e. The van der Waals surface area contributed by atoms with Gasteiger partial charge < -0.3 is 4.90 Å². The first-order chi connectivity index (χ1) is 9.81. The predicted molar refractivity (Wildman–Crippen MR) is 91.4 cm³/mol. The molecule has 2 saturated heterocycles. The number of amidine groups is 1. The molecule has 0 radical (unpaired) electrons. The maximum absolute atomic E-state index is 5.04. The fraction of sp³-hybridized carbons (Fsp3) is 0.923. The van der Waals surface area contributed by atoms with E-state index in [2.05, 4.69) is 28.0 Å². The molecule has 4 rings (SSSR count). The van der Waals surface area contributed by atoms with Crippen molar-refractivity contribution < 1.29 is 0 Å². The third kappa shape index (κ3) is 2.12. The first kappa shape index (κ1) is 14.1. The molecule has 0 spiro atoms. The zero-order chi connectivity index (χ0) is 13.7. The van der Waals surface area contributed by atoms with Gasteiger partial charge in [0.15, 0.2) is 5.17 Å². The summed E-state index contributed by atoms with van der Waals surface area (Å²) in [5.74, 6) is 0. The predicted octanol–water partition coefficient (Wildman–Crippen LogP) is 1.94. The van der Waals surface area contributed by atoms with Crippen molar-refractivity contribution in [3.8, 4) is 0 Å². The second-order valence-corrected chi connectivity index (χ2v) is 8.94. The molecule has 112 valence electrons. The Labute approximate surface area is 133 Å². The van der Waals surface area contributed by atoms with Gasteiger partial charge in [-0.2, -0.15) is 0 Å². The van der Waals surface area contributed by atoms with Crippen LogP contribution in [0.15, 0.2) is 4.99 Å². The Kier molecular flexibility index (Phi) is 3.92. The summed E-state index contributed by atoms with van der Waals surface area (Å²) in [5, 5.41) is 9.90. The molecule has 1 aliphatic carbocycles. The summed E-state index contributed by atoms with van der Waals surface area (Å²) in [6, 6.07) is 1.24. The summed E-state index contributed by atoms with van der Waals surface area (Å²) in [7, 11) is 0. The molecule has 2 N–H and O–H groups in total. The minimum absolute atomic E-state index is 0.358. The van der Waals surface area contributed by atoms with Crippen molar-refractivity contribution in [3.05, 3.63) is 0 Å². The van der Waals surface area contributed by atoms with Gasteiger partial charge in [0.05, 0.1) is 28.9 Å². The zero-order valence-corrected chi connectivity index (χ0v) is 14.4. The van der Waals surface area contributed by atoms with Gasteiger partial charge in [0, 0.05) is 0 Å². The summed E-state index contributed by atoms with van der Waals surface area (Å²) in [5.41, 5.74) is 0.358. The van der Waals surface area contributed by atoms with E-state index in [0.717, 1.165) is 0 Å². The van der Waals surface area contributed by atoms with Crippen LogP contribution in [0.5, 0.6) is 0 Å². The molecule has 20 heavy (non-hydrogen) atoms. The van der Waals surface area contributed by atoms with Gasteiger partial charge >= 0.3 is 0 Å². The molecular formula is C13H22N4S3. The molecule has 0 bridgehead atoms. The highest BCUT2D eigenvalue weighted by atomic mass is 32.2. The Morgan fingerprint density at radius 2 is 2.05 bits per heavy atom. The van der Waals surface area contributed by atoms with E-state index in [1.807, 2.05) is 35.3 Å². The number of nitrogens with zero attached hydrogens (tertiary/aromatic N) is 2. The lowest BCUT2D eigenvalue weighted by atomic mass is 9.90. The molecule has 3 fully saturated rings. The average molecular weight is 331 g/mol. The van der Waals surface area contributed by atoms with Gasteiger partial charge in [-0.1, -0.05) is 24.6 Å². The lowest BCUT2D eigenvalue weighted by molar-refractivity contribution is 0.151. The molecule has 0 aromatic carbocycles. The van der Waals surface area contributed by atoms with Gasteiger partial charge in [0.2, 0.25) is 0 Å². The average Bonchev–Trinajstić information content (AvgIpc) is 3.01. The van der Waals surface area contributed by atoms with Crippen LogP contribution in [0.2, 0.25) is 0 Å². The minimum atomic E-state index is 0.358. The summed E-state index contributed by atoms with van der Waals surface area (Å²) < 4.78 is 0. The van der Waals surface area contributed by atoms with E-state index in [1.54, 1.807) is 0 Å². The van der Waals surface area contributed by atoms with E-state index in [1.165, 1.54) is 30.9 Å². The SMILES string of the molecule is CSC1NC(SC)C2SC3=NC4CCCCC4N3C2N1. The number of rotatable bonds is 2. The molecule has 7 heteroatoms. The fourth-order valence-corrected chi connectivity index (χ4v) is 7.05. The van der Waals surface area contributed by atoms with Crippen LogP contribution < -0.4 is 10.6 Å². The standard InChI is InChI=1S/C13H22N4S3/c1-18-11-9-10(15-12(16-11)19-2)17-8-6-4-3-5-7(8)14-13(17)20-9/h7-12,15-16H,3-6H2,1-2H3. The minimum Gasteiger partial charge on any atom is -0.329 e. The molecule has 0 amide bonds. The molecule has 1 saturated carbocycles. The van der Waals surface area contributed by atoms with E-state index in [0.29, 0.717) is 34.4 Å². The monoisotopic (exact) mass is 330 g/mol. The first-order valence-electron chi connectivity index (χ1n) is 7.42. The van der Waals surface area contributed by atoms with Crippen LogP contribution in [0.4, 0.5) is 0 Å². The lowest BCUT2D eigenvalue weighted by Crippen LogP contribution is -2.66. The molecular weight excluding hydrogens is 308 g/mol. The third-order valence-electron chi connectivity index (χ3n) is 4.83. The van der Waals surface area contributed by atoms with E-state index < -0.39 is 0 Å². The Bertz CT molecular complexity index is 418. The van der Waals surface area contributed by atoms with Crippen LogP contribution in [0, 0.1) is 0 Å².